The van der Waals surface area contributed by atoms with Crippen LogP contribution in [-0.2, 0) is 0 Å². The number of hydrogen-bond donors (Lipinski definition) is 1. The van der Waals surface area contributed by atoms with Crippen LogP contribution in [0.15, 0.2) is 45.3 Å². The van der Waals surface area contributed by atoms with Crippen molar-refractivity contribution in [2.75, 3.05) is 12.3 Å². The number of halogens is 1. The standard InChI is InChI=1S/C16H15BrN2O2/c1-2-7-20-14-5-3-10(8-12(14)18)16-19-13-9-11(17)4-6-15(13)21-16/h3-6,8-9H,2,7,18H2,1H3. The Morgan fingerprint density at radius 3 is 2.86 bits per heavy atom. The van der Waals surface area contributed by atoms with Gasteiger partial charge in [-0.2, -0.15) is 0 Å². The van der Waals surface area contributed by atoms with Crippen LogP contribution in [0.3, 0.4) is 0 Å². The average molecular weight is 347 g/mol. The Labute approximate surface area is 131 Å². The Hall–Kier alpha value is -2.01. The predicted molar refractivity (Wildman–Crippen MR) is 87.3 cm³/mol. The summed E-state index contributed by atoms with van der Waals surface area (Å²) in [6.45, 7) is 2.71. The molecule has 4 nitrogen and oxygen atoms in total. The average Bonchev–Trinajstić information content (AvgIpc) is 2.89. The molecule has 0 saturated heterocycles. The van der Waals surface area contributed by atoms with Crippen LogP contribution in [0.5, 0.6) is 5.75 Å². The van der Waals surface area contributed by atoms with E-state index in [-0.39, 0.29) is 0 Å². The SMILES string of the molecule is CCCOc1ccc(-c2nc3cc(Br)ccc3o2)cc1N. The second-order valence-electron chi connectivity index (χ2n) is 4.73. The largest absolute Gasteiger partial charge is 0.491 e. The first-order chi connectivity index (χ1) is 10.2. The molecule has 0 fully saturated rings. The number of benzene rings is 2. The number of fused-ring (bicyclic) bond motifs is 1. The van der Waals surface area contributed by atoms with E-state index in [1.165, 1.54) is 0 Å². The van der Waals surface area contributed by atoms with Gasteiger partial charge in [-0.15, -0.1) is 0 Å². The summed E-state index contributed by atoms with van der Waals surface area (Å²) in [5.41, 5.74) is 9.00. The van der Waals surface area contributed by atoms with Crippen LogP contribution in [0.4, 0.5) is 5.69 Å². The molecule has 21 heavy (non-hydrogen) atoms. The van der Waals surface area contributed by atoms with Crippen LogP contribution in [0, 0.1) is 0 Å². The van der Waals surface area contributed by atoms with Gasteiger partial charge in [-0.3, -0.25) is 0 Å². The lowest BCUT2D eigenvalue weighted by Gasteiger charge is -2.08. The number of oxazole rings is 1. The van der Waals surface area contributed by atoms with E-state index >= 15 is 0 Å². The van der Waals surface area contributed by atoms with Gasteiger partial charge >= 0.3 is 0 Å². The number of aromatic nitrogens is 1. The van der Waals surface area contributed by atoms with Crippen molar-refractivity contribution in [3.63, 3.8) is 0 Å². The van der Waals surface area contributed by atoms with Gasteiger partial charge in [-0.05, 0) is 42.8 Å². The second-order valence-corrected chi connectivity index (χ2v) is 5.65. The molecule has 108 valence electrons. The van der Waals surface area contributed by atoms with Crippen LogP contribution in [0.25, 0.3) is 22.6 Å². The van der Waals surface area contributed by atoms with Gasteiger partial charge in [-0.1, -0.05) is 22.9 Å². The van der Waals surface area contributed by atoms with Crippen LogP contribution in [0.1, 0.15) is 13.3 Å². The lowest BCUT2D eigenvalue weighted by atomic mass is 10.2. The molecule has 2 aromatic carbocycles. The normalized spacial score (nSPS) is 11.0. The van der Waals surface area contributed by atoms with Crippen molar-refractivity contribution in [1.82, 2.24) is 4.98 Å². The maximum atomic E-state index is 6.02. The first-order valence-corrected chi connectivity index (χ1v) is 7.55. The summed E-state index contributed by atoms with van der Waals surface area (Å²) in [5.74, 6) is 1.25. The summed E-state index contributed by atoms with van der Waals surface area (Å²) in [4.78, 5) is 4.48. The highest BCUT2D eigenvalue weighted by molar-refractivity contribution is 9.10. The molecule has 0 amide bonds. The van der Waals surface area contributed by atoms with Crippen LogP contribution in [0.2, 0.25) is 0 Å². The number of anilines is 1. The molecule has 0 aliphatic rings. The van der Waals surface area contributed by atoms with Crippen molar-refractivity contribution in [2.24, 2.45) is 0 Å². The molecule has 3 rings (SSSR count). The third-order valence-corrected chi connectivity index (χ3v) is 3.56. The van der Waals surface area contributed by atoms with Gasteiger partial charge in [0.2, 0.25) is 5.89 Å². The quantitative estimate of drug-likeness (QED) is 0.699. The fraction of sp³-hybridized carbons (Fsp3) is 0.188. The van der Waals surface area contributed by atoms with Crippen molar-refractivity contribution in [3.8, 4) is 17.2 Å². The van der Waals surface area contributed by atoms with Gasteiger partial charge < -0.3 is 14.9 Å². The van der Waals surface area contributed by atoms with E-state index in [4.69, 9.17) is 14.9 Å². The molecule has 3 aromatic rings. The molecule has 0 bridgehead atoms. The Bertz CT molecular complexity index is 783. The zero-order chi connectivity index (χ0) is 14.8. The Kier molecular flexibility index (Phi) is 3.84. The fourth-order valence-corrected chi connectivity index (χ4v) is 2.40. The first-order valence-electron chi connectivity index (χ1n) is 6.76. The monoisotopic (exact) mass is 346 g/mol. The Morgan fingerprint density at radius 2 is 2.10 bits per heavy atom. The Morgan fingerprint density at radius 1 is 1.24 bits per heavy atom. The van der Waals surface area contributed by atoms with Crippen molar-refractivity contribution in [2.45, 2.75) is 13.3 Å². The summed E-state index contributed by atoms with van der Waals surface area (Å²) in [6, 6.07) is 11.3. The number of rotatable bonds is 4. The summed E-state index contributed by atoms with van der Waals surface area (Å²) in [6.07, 6.45) is 0.946. The molecule has 0 unspecified atom stereocenters. The van der Waals surface area contributed by atoms with Gasteiger partial charge in [0.05, 0.1) is 12.3 Å². The molecular formula is C16H15BrN2O2. The van der Waals surface area contributed by atoms with Gasteiger partial charge in [0.15, 0.2) is 5.58 Å². The topological polar surface area (TPSA) is 61.3 Å². The highest BCUT2D eigenvalue weighted by Gasteiger charge is 2.10. The number of hydrogen-bond acceptors (Lipinski definition) is 4. The zero-order valence-electron chi connectivity index (χ0n) is 11.6. The molecule has 0 aliphatic heterocycles. The van der Waals surface area contributed by atoms with Crippen molar-refractivity contribution >= 4 is 32.7 Å². The van der Waals surface area contributed by atoms with Gasteiger partial charge in [0.1, 0.15) is 11.3 Å². The molecule has 0 saturated carbocycles. The van der Waals surface area contributed by atoms with Crippen LogP contribution in [-0.4, -0.2) is 11.6 Å². The lowest BCUT2D eigenvalue weighted by molar-refractivity contribution is 0.319. The molecule has 0 aliphatic carbocycles. The molecule has 0 atom stereocenters. The molecular weight excluding hydrogens is 332 g/mol. The van der Waals surface area contributed by atoms with Gasteiger partial charge in [0, 0.05) is 10.0 Å². The lowest BCUT2D eigenvalue weighted by Crippen LogP contribution is -1.99. The van der Waals surface area contributed by atoms with Crippen molar-refractivity contribution in [3.05, 3.63) is 40.9 Å². The van der Waals surface area contributed by atoms with Crippen LogP contribution < -0.4 is 10.5 Å². The predicted octanol–water partition coefficient (Wildman–Crippen LogP) is 4.63. The van der Waals surface area contributed by atoms with E-state index in [9.17, 15) is 0 Å². The van der Waals surface area contributed by atoms with Gasteiger partial charge in [0.25, 0.3) is 0 Å². The third-order valence-electron chi connectivity index (χ3n) is 3.07. The maximum absolute atomic E-state index is 6.02. The van der Waals surface area contributed by atoms with E-state index in [0.717, 1.165) is 27.6 Å². The molecule has 2 N–H and O–H groups in total. The van der Waals surface area contributed by atoms with E-state index in [1.807, 2.05) is 36.4 Å². The number of nitrogens with two attached hydrogens (primary N) is 1. The zero-order valence-corrected chi connectivity index (χ0v) is 13.2. The minimum absolute atomic E-state index is 0.553. The van der Waals surface area contributed by atoms with E-state index in [0.29, 0.717) is 23.9 Å². The summed E-state index contributed by atoms with van der Waals surface area (Å²) in [7, 11) is 0. The fourth-order valence-electron chi connectivity index (χ4n) is 2.05. The summed E-state index contributed by atoms with van der Waals surface area (Å²) < 4.78 is 12.3. The van der Waals surface area contributed by atoms with Crippen molar-refractivity contribution < 1.29 is 9.15 Å². The highest BCUT2D eigenvalue weighted by Crippen LogP contribution is 2.31. The van der Waals surface area contributed by atoms with E-state index in [1.54, 1.807) is 0 Å². The molecule has 1 aromatic heterocycles. The summed E-state index contributed by atoms with van der Waals surface area (Å²) >= 11 is 3.42. The smallest absolute Gasteiger partial charge is 0.227 e. The minimum Gasteiger partial charge on any atom is -0.491 e. The number of nitrogen functional groups attached to an aromatic ring is 1. The first kappa shape index (κ1) is 13.9. The third kappa shape index (κ3) is 2.88. The highest BCUT2D eigenvalue weighted by atomic mass is 79.9. The second kappa shape index (κ2) is 5.77. The Balaban J connectivity index is 1.96. The van der Waals surface area contributed by atoms with Gasteiger partial charge in [-0.25, -0.2) is 4.98 Å². The number of nitrogens with zero attached hydrogens (tertiary/aromatic N) is 1. The van der Waals surface area contributed by atoms with E-state index < -0.39 is 0 Å². The molecule has 1 heterocycles. The maximum Gasteiger partial charge on any atom is 0.227 e. The molecule has 0 spiro atoms. The number of ether oxygens (including phenoxy) is 1. The van der Waals surface area contributed by atoms with E-state index in [2.05, 4.69) is 27.8 Å². The van der Waals surface area contributed by atoms with Crippen LogP contribution >= 0.6 is 15.9 Å². The van der Waals surface area contributed by atoms with Crippen molar-refractivity contribution in [1.29, 1.82) is 0 Å². The molecule has 0 radical (unpaired) electrons. The molecule has 5 heteroatoms. The summed E-state index contributed by atoms with van der Waals surface area (Å²) in [5, 5.41) is 0. The minimum atomic E-state index is 0.553.